The topological polar surface area (TPSA) is 0 Å². The molecule has 0 aromatic carbocycles. The molecule has 0 radical (unpaired) electrons. The molecule has 3 heteroatoms. The van der Waals surface area contributed by atoms with Gasteiger partial charge in [0, 0.05) is 0 Å². The van der Waals surface area contributed by atoms with Crippen LogP contribution in [-0.4, -0.2) is 0 Å². The molecule has 0 nitrogen and oxygen atoms in total. The van der Waals surface area contributed by atoms with Gasteiger partial charge in [-0.15, -0.1) is 38.2 Å². The zero-order valence-corrected chi connectivity index (χ0v) is 20.8. The Kier molecular flexibility index (Phi) is 12.5. The van der Waals surface area contributed by atoms with Crippen molar-refractivity contribution in [2.75, 3.05) is 0 Å². The van der Waals surface area contributed by atoms with Crippen LogP contribution in [0.4, 0.5) is 0 Å². The second-order valence-electron chi connectivity index (χ2n) is 7.96. The van der Waals surface area contributed by atoms with Gasteiger partial charge in [-0.25, -0.2) is 11.6 Å². The Morgan fingerprint density at radius 3 is 1.80 bits per heavy atom. The number of hydrogen-bond acceptors (Lipinski definition) is 0. The Morgan fingerprint density at radius 2 is 1.48 bits per heavy atom. The van der Waals surface area contributed by atoms with Gasteiger partial charge < -0.3 is 0 Å². The predicted molar refractivity (Wildman–Crippen MR) is 111 cm³/mol. The fraction of sp³-hybridized carbons (Fsp3) is 0.636. The van der Waals surface area contributed by atoms with Gasteiger partial charge >= 0.3 is 26.2 Å². The minimum absolute atomic E-state index is 0. The van der Waals surface area contributed by atoms with E-state index in [2.05, 4.69) is 65.8 Å². The monoisotopic (exact) mass is 458 g/mol. The normalized spacial score (nSPS) is 22.5. The first-order chi connectivity index (χ1) is 10.3. The van der Waals surface area contributed by atoms with Crippen LogP contribution in [0.3, 0.4) is 0 Å². The van der Waals surface area contributed by atoms with Gasteiger partial charge in [0.1, 0.15) is 0 Å². The van der Waals surface area contributed by atoms with Gasteiger partial charge in [-0.1, -0.05) is 77.6 Å². The van der Waals surface area contributed by atoms with E-state index < -0.39 is 0 Å². The third-order valence-corrected chi connectivity index (χ3v) is 5.91. The molecule has 0 unspecified atom stereocenters. The second kappa shape index (κ2) is 11.3. The van der Waals surface area contributed by atoms with Crippen LogP contribution in [0.5, 0.6) is 0 Å². The molecule has 140 valence electrons. The molecule has 0 heterocycles. The molecule has 0 atom stereocenters. The minimum atomic E-state index is 0. The fourth-order valence-electron chi connectivity index (χ4n) is 3.84. The molecule has 0 N–H and O–H groups in total. The molecular formula is C22H34Cl2Zr. The van der Waals surface area contributed by atoms with Crippen molar-refractivity contribution in [3.05, 3.63) is 46.6 Å². The Hall–Kier alpha value is 0.423. The summed E-state index contributed by atoms with van der Waals surface area (Å²) in [5.41, 5.74) is 6.45. The summed E-state index contributed by atoms with van der Waals surface area (Å²) < 4.78 is 0. The average Bonchev–Trinajstić information content (AvgIpc) is 3.06. The minimum Gasteiger partial charge on any atom is -0.273 e. The van der Waals surface area contributed by atoms with Crippen LogP contribution in [-0.2, 0) is 26.2 Å². The fourth-order valence-corrected chi connectivity index (χ4v) is 3.84. The summed E-state index contributed by atoms with van der Waals surface area (Å²) in [6.07, 6.45) is 19.4. The van der Waals surface area contributed by atoms with E-state index in [1.807, 2.05) is 0 Å². The van der Waals surface area contributed by atoms with Gasteiger partial charge in [-0.2, -0.15) is 22.8 Å². The van der Waals surface area contributed by atoms with E-state index in [1.54, 1.807) is 5.57 Å². The zero-order valence-electron chi connectivity index (χ0n) is 16.7. The molecular weight excluding hydrogens is 426 g/mol. The molecule has 0 amide bonds. The molecule has 0 spiro atoms. The van der Waals surface area contributed by atoms with Crippen molar-refractivity contribution in [1.82, 2.24) is 0 Å². The molecule has 0 aromatic heterocycles. The van der Waals surface area contributed by atoms with Crippen molar-refractivity contribution in [2.24, 2.45) is 10.8 Å². The van der Waals surface area contributed by atoms with Gasteiger partial charge in [0.05, 0.1) is 0 Å². The van der Waals surface area contributed by atoms with Crippen LogP contribution in [0.1, 0.15) is 80.1 Å². The summed E-state index contributed by atoms with van der Waals surface area (Å²) in [5, 5.41) is 0. The summed E-state index contributed by atoms with van der Waals surface area (Å²) >= 11 is 0. The Morgan fingerprint density at radius 1 is 0.920 bits per heavy atom. The van der Waals surface area contributed by atoms with Gasteiger partial charge in [0.15, 0.2) is 0 Å². The summed E-state index contributed by atoms with van der Waals surface area (Å²) in [6, 6.07) is 0. The average molecular weight is 461 g/mol. The quantitative estimate of drug-likeness (QED) is 0.353. The van der Waals surface area contributed by atoms with Crippen molar-refractivity contribution in [2.45, 2.75) is 80.1 Å². The largest absolute Gasteiger partial charge is 2.00 e. The Bertz CT molecular complexity index is 544. The maximum atomic E-state index is 3.44. The third-order valence-electron chi connectivity index (χ3n) is 5.91. The van der Waals surface area contributed by atoms with Crippen molar-refractivity contribution in [3.8, 4) is 0 Å². The number of hydrogen-bond donors (Lipinski definition) is 0. The summed E-state index contributed by atoms with van der Waals surface area (Å²) in [6.45, 7) is 13.3. The van der Waals surface area contributed by atoms with Gasteiger partial charge in [-0.3, -0.25) is 12.2 Å². The SMILES string of the molecule is CC1(C2=CC[C-]=C2)CCCCC1.CC1=[C-]C(C)(C)C(C)=C1C.Cl.Cl.[Zr+2]. The molecule has 3 rings (SSSR count). The van der Waals surface area contributed by atoms with E-state index in [0.29, 0.717) is 5.41 Å². The van der Waals surface area contributed by atoms with E-state index in [1.165, 1.54) is 48.8 Å². The molecule has 1 saturated carbocycles. The summed E-state index contributed by atoms with van der Waals surface area (Å²) in [4.78, 5) is 0. The summed E-state index contributed by atoms with van der Waals surface area (Å²) in [7, 11) is 0. The van der Waals surface area contributed by atoms with Crippen molar-refractivity contribution < 1.29 is 26.2 Å². The number of allylic oxidation sites excluding steroid dienone is 8. The molecule has 1 fully saturated rings. The maximum absolute atomic E-state index is 3.44. The van der Waals surface area contributed by atoms with Crippen molar-refractivity contribution >= 4 is 24.8 Å². The second-order valence-corrected chi connectivity index (χ2v) is 7.96. The van der Waals surface area contributed by atoms with Gasteiger partial charge in [0.2, 0.25) is 0 Å². The van der Waals surface area contributed by atoms with Gasteiger partial charge in [0.25, 0.3) is 0 Å². The van der Waals surface area contributed by atoms with E-state index in [9.17, 15) is 0 Å². The molecule has 25 heavy (non-hydrogen) atoms. The Balaban J connectivity index is 0. The molecule has 0 saturated heterocycles. The smallest absolute Gasteiger partial charge is 0.273 e. The standard InChI is InChI=1S/C12H17.C10H15.2ClH.Zr/c1-12(9-5-2-6-10-12)11-7-3-4-8-11;1-7-6-10(4,5)9(3)8(7)2;;;/h7-8H,2-3,5-6,9-10H2,1H3;1-5H3;2*1H;/q2*-1;;;+2. The van der Waals surface area contributed by atoms with E-state index in [4.69, 9.17) is 0 Å². The zero-order chi connectivity index (χ0) is 16.4. The Labute approximate surface area is 187 Å². The first-order valence-electron chi connectivity index (χ1n) is 8.83. The molecule has 0 aromatic rings. The third kappa shape index (κ3) is 6.82. The van der Waals surface area contributed by atoms with E-state index >= 15 is 0 Å². The summed E-state index contributed by atoms with van der Waals surface area (Å²) in [5.74, 6) is 0. The van der Waals surface area contributed by atoms with Crippen LogP contribution in [0.2, 0.25) is 0 Å². The molecule has 3 aliphatic carbocycles. The molecule has 0 bridgehead atoms. The van der Waals surface area contributed by atoms with Crippen LogP contribution in [0.25, 0.3) is 0 Å². The van der Waals surface area contributed by atoms with Crippen LogP contribution >= 0.6 is 24.8 Å². The maximum Gasteiger partial charge on any atom is 2.00 e. The molecule has 3 aliphatic rings. The van der Waals surface area contributed by atoms with Crippen LogP contribution in [0, 0.1) is 23.0 Å². The van der Waals surface area contributed by atoms with Gasteiger partial charge in [-0.05, 0) is 0 Å². The first-order valence-corrected chi connectivity index (χ1v) is 8.83. The van der Waals surface area contributed by atoms with Crippen LogP contribution in [0.15, 0.2) is 34.4 Å². The van der Waals surface area contributed by atoms with Crippen molar-refractivity contribution in [3.63, 3.8) is 0 Å². The van der Waals surface area contributed by atoms with Crippen LogP contribution < -0.4 is 0 Å². The number of halogens is 2. The molecule has 0 aliphatic heterocycles. The van der Waals surface area contributed by atoms with E-state index in [0.717, 1.165) is 6.42 Å². The first kappa shape index (κ1) is 27.6. The predicted octanol–water partition coefficient (Wildman–Crippen LogP) is 7.60. The van der Waals surface area contributed by atoms with Crippen molar-refractivity contribution in [1.29, 1.82) is 0 Å². The van der Waals surface area contributed by atoms with E-state index in [-0.39, 0.29) is 56.4 Å². The number of rotatable bonds is 1.